The maximum absolute atomic E-state index is 14.2. The number of hydrogen-bond donors (Lipinski definition) is 1. The summed E-state index contributed by atoms with van der Waals surface area (Å²) >= 11 is 0. The van der Waals surface area contributed by atoms with E-state index in [0.717, 1.165) is 22.8 Å². The van der Waals surface area contributed by atoms with Gasteiger partial charge in [0.25, 0.3) is 5.91 Å². The van der Waals surface area contributed by atoms with Crippen molar-refractivity contribution in [3.05, 3.63) is 64.9 Å². The van der Waals surface area contributed by atoms with Gasteiger partial charge >= 0.3 is 11.9 Å². The van der Waals surface area contributed by atoms with Crippen molar-refractivity contribution in [2.75, 3.05) is 13.7 Å². The van der Waals surface area contributed by atoms with Crippen molar-refractivity contribution in [3.8, 4) is 5.75 Å². The maximum Gasteiger partial charge on any atom is 0.341 e. The lowest BCUT2D eigenvalue weighted by molar-refractivity contribution is -0.154. The molecular formula is C21H17F2NO6. The summed E-state index contributed by atoms with van der Waals surface area (Å²) < 4.78 is 39.4. The number of halogens is 2. The van der Waals surface area contributed by atoms with Gasteiger partial charge in [0.05, 0.1) is 19.0 Å². The maximum atomic E-state index is 14.2. The average Bonchev–Trinajstić information content (AvgIpc) is 2.97. The molecule has 2 aromatic carbocycles. The van der Waals surface area contributed by atoms with Gasteiger partial charge in [0.15, 0.2) is 6.61 Å². The number of ether oxygens (including phenoxy) is 2. The van der Waals surface area contributed by atoms with Gasteiger partial charge < -0.3 is 14.6 Å². The fraction of sp³-hybridized carbons (Fsp3) is 0.190. The number of esters is 1. The summed E-state index contributed by atoms with van der Waals surface area (Å²) in [6.07, 6.45) is -0.344. The summed E-state index contributed by atoms with van der Waals surface area (Å²) in [4.78, 5) is 35.8. The zero-order valence-electron chi connectivity index (χ0n) is 16.1. The average molecular weight is 417 g/mol. The monoisotopic (exact) mass is 417 g/mol. The van der Waals surface area contributed by atoms with Crippen LogP contribution in [0.4, 0.5) is 8.78 Å². The molecule has 0 amide bonds. The Morgan fingerprint density at radius 2 is 1.77 bits per heavy atom. The lowest BCUT2D eigenvalue weighted by Crippen LogP contribution is -2.18. The SMILES string of the molecule is COc1ccc2c(c1)c(CC(=O)OCC(=O)O)c(C)n2C(=O)c1c(F)cccc1F. The van der Waals surface area contributed by atoms with E-state index in [-0.39, 0.29) is 12.1 Å². The first-order valence-corrected chi connectivity index (χ1v) is 8.78. The van der Waals surface area contributed by atoms with Crippen LogP contribution in [0, 0.1) is 18.6 Å². The molecule has 0 atom stereocenters. The van der Waals surface area contributed by atoms with E-state index in [1.165, 1.54) is 20.1 Å². The van der Waals surface area contributed by atoms with Crippen LogP contribution in [0.1, 0.15) is 21.6 Å². The Bertz CT molecular complexity index is 1150. The Labute approximate surface area is 169 Å². The summed E-state index contributed by atoms with van der Waals surface area (Å²) in [7, 11) is 1.44. The van der Waals surface area contributed by atoms with E-state index < -0.39 is 41.7 Å². The van der Waals surface area contributed by atoms with Crippen molar-refractivity contribution in [1.29, 1.82) is 0 Å². The number of fused-ring (bicyclic) bond motifs is 1. The number of rotatable bonds is 6. The number of carboxylic acids is 1. The molecule has 7 nitrogen and oxygen atoms in total. The Balaban J connectivity index is 2.16. The molecular weight excluding hydrogens is 400 g/mol. The molecule has 0 fully saturated rings. The van der Waals surface area contributed by atoms with Crippen LogP contribution in [-0.4, -0.2) is 41.2 Å². The molecule has 1 aromatic heterocycles. The molecule has 1 N–H and O–H groups in total. The largest absolute Gasteiger partial charge is 0.497 e. The number of hydrogen-bond acceptors (Lipinski definition) is 5. The molecule has 3 rings (SSSR count). The molecule has 0 aliphatic heterocycles. The highest BCUT2D eigenvalue weighted by molar-refractivity contribution is 6.05. The standard InChI is InChI=1S/C21H17F2NO6/c1-11-13(9-19(27)30-10-18(25)26)14-8-12(29-2)6-7-17(14)24(11)21(28)20-15(22)4-3-5-16(20)23/h3-8H,9-10H2,1-2H3,(H,25,26). The van der Waals surface area contributed by atoms with Crippen LogP contribution in [0.25, 0.3) is 10.9 Å². The molecule has 0 radical (unpaired) electrons. The van der Waals surface area contributed by atoms with Crippen molar-refractivity contribution in [3.63, 3.8) is 0 Å². The van der Waals surface area contributed by atoms with Gasteiger partial charge in [-0.3, -0.25) is 14.2 Å². The second-order valence-corrected chi connectivity index (χ2v) is 6.42. The summed E-state index contributed by atoms with van der Waals surface area (Å²) in [5, 5.41) is 9.10. The predicted octanol–water partition coefficient (Wildman–Crippen LogP) is 3.10. The minimum absolute atomic E-state index is 0.262. The molecule has 156 valence electrons. The van der Waals surface area contributed by atoms with E-state index in [2.05, 4.69) is 4.74 Å². The van der Waals surface area contributed by atoms with Crippen molar-refractivity contribution in [2.24, 2.45) is 0 Å². The quantitative estimate of drug-likeness (QED) is 0.620. The molecule has 0 saturated heterocycles. The minimum atomic E-state index is -1.31. The van der Waals surface area contributed by atoms with Gasteiger partial charge in [0.1, 0.15) is 22.9 Å². The Kier molecular flexibility index (Phi) is 5.81. The van der Waals surface area contributed by atoms with Crippen LogP contribution >= 0.6 is 0 Å². The van der Waals surface area contributed by atoms with E-state index in [4.69, 9.17) is 9.84 Å². The zero-order chi connectivity index (χ0) is 22.0. The Hall–Kier alpha value is -3.75. The lowest BCUT2D eigenvalue weighted by Gasteiger charge is -2.09. The van der Waals surface area contributed by atoms with Gasteiger partial charge in [0.2, 0.25) is 0 Å². The molecule has 0 saturated carbocycles. The Morgan fingerprint density at radius 3 is 2.37 bits per heavy atom. The number of carbonyl (C=O) groups is 3. The molecule has 0 aliphatic rings. The molecule has 30 heavy (non-hydrogen) atoms. The smallest absolute Gasteiger partial charge is 0.341 e. The minimum Gasteiger partial charge on any atom is -0.497 e. The predicted molar refractivity (Wildman–Crippen MR) is 102 cm³/mol. The van der Waals surface area contributed by atoms with E-state index in [9.17, 15) is 23.2 Å². The van der Waals surface area contributed by atoms with Crippen LogP contribution < -0.4 is 4.74 Å². The second kappa shape index (κ2) is 8.32. The van der Waals surface area contributed by atoms with E-state index in [1.54, 1.807) is 12.1 Å². The van der Waals surface area contributed by atoms with E-state index >= 15 is 0 Å². The summed E-state index contributed by atoms with van der Waals surface area (Å²) in [6, 6.07) is 7.77. The first-order chi connectivity index (χ1) is 14.2. The molecule has 9 heteroatoms. The lowest BCUT2D eigenvalue weighted by atomic mass is 10.1. The van der Waals surface area contributed by atoms with Crippen LogP contribution in [0.15, 0.2) is 36.4 Å². The normalized spacial score (nSPS) is 10.8. The van der Waals surface area contributed by atoms with Crippen molar-refractivity contribution in [2.45, 2.75) is 13.3 Å². The van der Waals surface area contributed by atoms with E-state index in [0.29, 0.717) is 22.2 Å². The first kappa shape index (κ1) is 21.0. The Morgan fingerprint density at radius 1 is 1.10 bits per heavy atom. The van der Waals surface area contributed by atoms with Crippen LogP contribution in [0.2, 0.25) is 0 Å². The molecule has 0 aliphatic carbocycles. The molecule has 0 bridgehead atoms. The zero-order valence-corrected chi connectivity index (χ0v) is 16.1. The molecule has 0 unspecified atom stereocenters. The van der Waals surface area contributed by atoms with Gasteiger partial charge in [-0.15, -0.1) is 0 Å². The number of benzene rings is 2. The van der Waals surface area contributed by atoms with Gasteiger partial charge in [-0.05, 0) is 42.8 Å². The second-order valence-electron chi connectivity index (χ2n) is 6.42. The van der Waals surface area contributed by atoms with Gasteiger partial charge in [-0.2, -0.15) is 0 Å². The van der Waals surface area contributed by atoms with Crippen LogP contribution in [-0.2, 0) is 20.7 Å². The van der Waals surface area contributed by atoms with Gasteiger partial charge in [-0.1, -0.05) is 6.07 Å². The van der Waals surface area contributed by atoms with Gasteiger partial charge in [-0.25, -0.2) is 13.6 Å². The number of carbonyl (C=O) groups excluding carboxylic acids is 2. The summed E-state index contributed by atoms with van der Waals surface area (Å²) in [5.41, 5.74) is 0.192. The molecule has 3 aromatic rings. The first-order valence-electron chi connectivity index (χ1n) is 8.78. The van der Waals surface area contributed by atoms with E-state index in [1.807, 2.05) is 0 Å². The topological polar surface area (TPSA) is 94.8 Å². The van der Waals surface area contributed by atoms with Crippen molar-refractivity contribution >= 4 is 28.7 Å². The third-order valence-corrected chi connectivity index (χ3v) is 4.60. The van der Waals surface area contributed by atoms with Crippen LogP contribution in [0.3, 0.4) is 0 Å². The summed E-state index contributed by atoms with van der Waals surface area (Å²) in [6.45, 7) is 0.710. The highest BCUT2D eigenvalue weighted by atomic mass is 19.1. The number of nitrogens with zero attached hydrogens (tertiary/aromatic N) is 1. The number of aliphatic carboxylic acids is 1. The molecule has 1 heterocycles. The highest BCUT2D eigenvalue weighted by Crippen LogP contribution is 2.31. The van der Waals surface area contributed by atoms with Crippen molar-refractivity contribution in [1.82, 2.24) is 4.57 Å². The fourth-order valence-electron chi connectivity index (χ4n) is 3.23. The number of aromatic nitrogens is 1. The fourth-order valence-corrected chi connectivity index (χ4v) is 3.23. The highest BCUT2D eigenvalue weighted by Gasteiger charge is 2.26. The third-order valence-electron chi connectivity index (χ3n) is 4.60. The third kappa shape index (κ3) is 3.86. The van der Waals surface area contributed by atoms with Crippen LogP contribution in [0.5, 0.6) is 5.75 Å². The molecule has 0 spiro atoms. The van der Waals surface area contributed by atoms with Crippen molar-refractivity contribution < 1.29 is 37.7 Å². The summed E-state index contributed by atoms with van der Waals surface area (Å²) in [5.74, 6) is -4.68. The van der Waals surface area contributed by atoms with Gasteiger partial charge in [0, 0.05) is 11.1 Å². The number of carboxylic acid groups (broad SMARTS) is 1. The number of methoxy groups -OCH3 is 1.